The van der Waals surface area contributed by atoms with E-state index in [2.05, 4.69) is 0 Å². The molecular formula is C22H24N2O9. The Balaban J connectivity index is 2.11. The summed E-state index contributed by atoms with van der Waals surface area (Å²) in [6, 6.07) is 2.50. The van der Waals surface area contributed by atoms with E-state index in [1.807, 2.05) is 0 Å². The lowest BCUT2D eigenvalue weighted by Crippen LogP contribution is -2.71. The molecule has 11 heteroatoms. The summed E-state index contributed by atoms with van der Waals surface area (Å²) in [6.45, 7) is 1.25. The molecule has 0 aromatic heterocycles. The van der Waals surface area contributed by atoms with Crippen LogP contribution >= 0.6 is 0 Å². The first kappa shape index (κ1) is 22.9. The molecule has 0 radical (unpaired) electrons. The summed E-state index contributed by atoms with van der Waals surface area (Å²) in [4.78, 5) is 39.9. The van der Waals surface area contributed by atoms with Crippen LogP contribution in [0.25, 0.3) is 5.76 Å². The van der Waals surface area contributed by atoms with Crippen molar-refractivity contribution in [2.75, 3.05) is 14.1 Å². The predicted molar refractivity (Wildman–Crippen MR) is 112 cm³/mol. The molecule has 11 nitrogen and oxygen atoms in total. The maximum Gasteiger partial charge on any atom is 0.255 e. The van der Waals surface area contributed by atoms with Gasteiger partial charge in [-0.15, -0.1) is 0 Å². The second-order valence-corrected chi connectivity index (χ2v) is 9.06. The maximum absolute atomic E-state index is 13.7. The Bertz CT molecular complexity index is 1180. The van der Waals surface area contributed by atoms with E-state index in [1.165, 1.54) is 44.1 Å². The fourth-order valence-electron chi connectivity index (χ4n) is 5.60. The van der Waals surface area contributed by atoms with Crippen molar-refractivity contribution in [3.8, 4) is 5.75 Å². The first-order valence-electron chi connectivity index (χ1n) is 10.1. The highest BCUT2D eigenvalue weighted by Gasteiger charge is 2.70. The number of carbonyl (C=O) groups excluding carboxylic acids is 3. The summed E-state index contributed by atoms with van der Waals surface area (Å²) in [5, 5.41) is 66.3. The smallest absolute Gasteiger partial charge is 0.255 e. The normalized spacial score (nSPS) is 36.0. The molecule has 176 valence electrons. The van der Waals surface area contributed by atoms with Gasteiger partial charge in [0.05, 0.1) is 40.7 Å². The molecule has 6 atom stereocenters. The zero-order valence-corrected chi connectivity index (χ0v) is 18.0. The Kier molecular flexibility index (Phi) is 4.78. The highest BCUT2D eigenvalue weighted by molar-refractivity contribution is 6.24. The van der Waals surface area contributed by atoms with Gasteiger partial charge in [0.2, 0.25) is 5.78 Å². The van der Waals surface area contributed by atoms with Gasteiger partial charge in [-0.3, -0.25) is 19.3 Å². The number of nitrogens with zero attached hydrogens (tertiary/aromatic N) is 1. The third-order valence-electron chi connectivity index (χ3n) is 7.03. The number of fused-ring (bicyclic) bond motifs is 3. The number of phenols is 1. The lowest BCUT2D eigenvalue weighted by molar-refractivity contribution is -0.181. The topological polar surface area (TPSA) is 202 Å². The number of carbonyl (C=O) groups is 3. The van der Waals surface area contributed by atoms with Crippen molar-refractivity contribution in [3.63, 3.8) is 0 Å². The maximum atomic E-state index is 13.7. The van der Waals surface area contributed by atoms with Crippen LogP contribution in [0.3, 0.4) is 0 Å². The Morgan fingerprint density at radius 2 is 1.73 bits per heavy atom. The lowest BCUT2D eigenvalue weighted by Gasteiger charge is -2.55. The first-order valence-corrected chi connectivity index (χ1v) is 10.1. The minimum absolute atomic E-state index is 0.00664. The average Bonchev–Trinajstić information content (AvgIpc) is 2.70. The molecule has 0 saturated heterocycles. The number of benzene rings is 1. The molecule has 8 N–H and O–H groups in total. The van der Waals surface area contributed by atoms with Crippen LogP contribution in [0.4, 0.5) is 0 Å². The number of likely N-dealkylation sites (N-methyl/N-ethyl adjacent to an activating group) is 1. The van der Waals surface area contributed by atoms with Crippen molar-refractivity contribution in [3.05, 3.63) is 46.2 Å². The highest BCUT2D eigenvalue weighted by Crippen LogP contribution is 2.57. The van der Waals surface area contributed by atoms with E-state index in [-0.39, 0.29) is 11.1 Å². The van der Waals surface area contributed by atoms with Gasteiger partial charge in [-0.1, -0.05) is 12.1 Å². The van der Waals surface area contributed by atoms with Gasteiger partial charge in [0, 0.05) is 0 Å². The van der Waals surface area contributed by atoms with Gasteiger partial charge in [-0.2, -0.15) is 0 Å². The monoisotopic (exact) mass is 460 g/mol. The van der Waals surface area contributed by atoms with E-state index in [0.717, 1.165) is 0 Å². The number of hydrogen-bond acceptors (Lipinski definition) is 10. The van der Waals surface area contributed by atoms with E-state index in [1.54, 1.807) is 0 Å². The molecule has 1 aromatic carbocycles. The van der Waals surface area contributed by atoms with Gasteiger partial charge in [-0.05, 0) is 32.6 Å². The number of hydrogen-bond donors (Lipinski definition) is 7. The fourth-order valence-corrected chi connectivity index (χ4v) is 5.60. The van der Waals surface area contributed by atoms with Crippen molar-refractivity contribution in [1.82, 2.24) is 4.90 Å². The SMILES string of the molecule is CN(C)C1C(=O)C(C(N)=O)=C(O)[C@@]2(O)C(=O)C3=C(O)c4c(O)cccc4[C@@](C)(O)C3[C@H](O)C12. The van der Waals surface area contributed by atoms with Gasteiger partial charge in [-0.25, -0.2) is 0 Å². The number of aromatic hydroxyl groups is 1. The van der Waals surface area contributed by atoms with Crippen LogP contribution in [0.15, 0.2) is 35.1 Å². The Morgan fingerprint density at radius 3 is 2.27 bits per heavy atom. The second-order valence-electron chi connectivity index (χ2n) is 9.06. The molecule has 3 aliphatic carbocycles. The molecule has 0 spiro atoms. The number of ketones is 2. The number of aliphatic hydroxyl groups is 5. The molecule has 1 aromatic rings. The first-order chi connectivity index (χ1) is 15.2. The zero-order valence-electron chi connectivity index (χ0n) is 18.0. The van der Waals surface area contributed by atoms with E-state index in [9.17, 15) is 45.0 Å². The fraction of sp³-hybridized carbons (Fsp3) is 0.409. The minimum atomic E-state index is -3.02. The van der Waals surface area contributed by atoms with Crippen molar-refractivity contribution in [1.29, 1.82) is 0 Å². The van der Waals surface area contributed by atoms with Crippen LogP contribution in [0.5, 0.6) is 5.75 Å². The molecule has 1 amide bonds. The Hall–Kier alpha value is -3.25. The van der Waals surface area contributed by atoms with Crippen molar-refractivity contribution in [2.45, 2.75) is 30.3 Å². The zero-order chi connectivity index (χ0) is 24.8. The van der Waals surface area contributed by atoms with Crippen molar-refractivity contribution < 1.29 is 45.0 Å². The minimum Gasteiger partial charge on any atom is -0.508 e. The van der Waals surface area contributed by atoms with Crippen molar-refractivity contribution >= 4 is 23.2 Å². The van der Waals surface area contributed by atoms with E-state index < -0.39 is 81.1 Å². The number of nitrogens with two attached hydrogens (primary N) is 1. The molecule has 1 saturated carbocycles. The van der Waals surface area contributed by atoms with Gasteiger partial charge in [0.25, 0.3) is 5.91 Å². The van der Waals surface area contributed by atoms with Crippen LogP contribution in [0.1, 0.15) is 18.1 Å². The summed E-state index contributed by atoms with van der Waals surface area (Å²) in [5.74, 6) is -9.67. The van der Waals surface area contributed by atoms with Crippen molar-refractivity contribution in [2.24, 2.45) is 17.6 Å². The molecule has 3 unspecified atom stereocenters. The summed E-state index contributed by atoms with van der Waals surface area (Å²) in [6.07, 6.45) is -1.87. The summed E-state index contributed by atoms with van der Waals surface area (Å²) < 4.78 is 0. The van der Waals surface area contributed by atoms with Gasteiger partial charge < -0.3 is 36.4 Å². The highest BCUT2D eigenvalue weighted by atomic mass is 16.4. The summed E-state index contributed by atoms with van der Waals surface area (Å²) in [7, 11) is 2.80. The second kappa shape index (κ2) is 6.87. The molecule has 3 aliphatic rings. The Labute approximate surface area is 187 Å². The summed E-state index contributed by atoms with van der Waals surface area (Å²) >= 11 is 0. The lowest BCUT2D eigenvalue weighted by atomic mass is 9.53. The quantitative estimate of drug-likeness (QED) is 0.257. The largest absolute Gasteiger partial charge is 0.508 e. The third-order valence-corrected chi connectivity index (χ3v) is 7.03. The van der Waals surface area contributed by atoms with Gasteiger partial charge in [0.1, 0.15) is 22.8 Å². The van der Waals surface area contributed by atoms with Crippen LogP contribution in [0, 0.1) is 11.8 Å². The van der Waals surface area contributed by atoms with E-state index in [0.29, 0.717) is 0 Å². The molecule has 4 rings (SSSR count). The molecule has 1 fully saturated rings. The standard InChI is InChI=1S/C22H24N2O9/c1-21(32)7-5-4-6-8(25)9(7)15(26)10-12(21)17(28)13-14(24(2)3)16(27)11(20(23)31)19(30)22(13,33)18(10)29/h4-6,12-14,17,25-26,28,30,32-33H,1-3H3,(H2,23,31)/t12?,13?,14?,17-,21+,22-/m0/s1. The molecule has 0 heterocycles. The Morgan fingerprint density at radius 1 is 1.12 bits per heavy atom. The number of aliphatic hydroxyl groups excluding tert-OH is 3. The molecular weight excluding hydrogens is 436 g/mol. The predicted octanol–water partition coefficient (Wildman–Crippen LogP) is -1.40. The third kappa shape index (κ3) is 2.61. The van der Waals surface area contributed by atoms with Crippen LogP contribution < -0.4 is 5.73 Å². The van der Waals surface area contributed by atoms with Gasteiger partial charge in [0.15, 0.2) is 11.4 Å². The number of Topliss-reactive ketones (excluding diaryl/α,β-unsaturated/α-hetero) is 2. The number of phenolic OH excluding ortho intramolecular Hbond substituents is 1. The van der Waals surface area contributed by atoms with E-state index in [4.69, 9.17) is 5.73 Å². The van der Waals surface area contributed by atoms with Gasteiger partial charge >= 0.3 is 0 Å². The number of primary amides is 1. The van der Waals surface area contributed by atoms with Crippen LogP contribution in [-0.4, -0.2) is 84.9 Å². The van der Waals surface area contributed by atoms with E-state index >= 15 is 0 Å². The average molecular weight is 460 g/mol. The molecule has 0 aliphatic heterocycles. The number of rotatable bonds is 2. The molecule has 33 heavy (non-hydrogen) atoms. The summed E-state index contributed by atoms with van der Waals surface area (Å²) in [5.41, 5.74) is -1.78. The van der Waals surface area contributed by atoms with Crippen LogP contribution in [-0.2, 0) is 20.0 Å². The number of amides is 1. The van der Waals surface area contributed by atoms with Crippen LogP contribution in [0.2, 0.25) is 0 Å². The molecule has 0 bridgehead atoms.